The number of unbranched alkanes of at least 4 members (excludes halogenated alkanes) is 10. The van der Waals surface area contributed by atoms with Crippen LogP contribution in [0.2, 0.25) is 6.04 Å². The van der Waals surface area contributed by atoms with Crippen LogP contribution in [0.25, 0.3) is 16.8 Å². The Morgan fingerprint density at radius 1 is 0.691 bits per heavy atom. The van der Waals surface area contributed by atoms with E-state index in [0.717, 1.165) is 60.3 Å². The quantitative estimate of drug-likeness (QED) is 0.0362. The van der Waals surface area contributed by atoms with Gasteiger partial charge in [0, 0.05) is 38.5 Å². The van der Waals surface area contributed by atoms with E-state index in [1.807, 2.05) is 26.8 Å². The second-order valence-electron chi connectivity index (χ2n) is 14.9. The molecule has 1 aliphatic rings. The minimum Gasteiger partial charge on any atom is -0.493 e. The van der Waals surface area contributed by atoms with Gasteiger partial charge in [0.25, 0.3) is 0 Å². The number of fused-ring (bicyclic) bond motifs is 1. The molecule has 0 atom stereocenters. The molecule has 0 aliphatic heterocycles. The van der Waals surface area contributed by atoms with E-state index in [4.69, 9.17) is 27.5 Å². The van der Waals surface area contributed by atoms with Gasteiger partial charge in [-0.25, -0.2) is 9.59 Å². The van der Waals surface area contributed by atoms with Gasteiger partial charge in [0.15, 0.2) is 0 Å². The lowest BCUT2D eigenvalue weighted by atomic mass is 9.80. The van der Waals surface area contributed by atoms with Crippen molar-refractivity contribution in [2.45, 2.75) is 143 Å². The molecule has 2 aromatic carbocycles. The standard InChI is InChI=1S/C45H73NO8Si/c1-5-9-10-11-12-13-14-17-20-38-21-23-40(24-22-38)37-51-43-29-28-41-35-39(25-27-42(41)36-43)26-30-44(47)49-32-18-15-16-19-33-50-45(48)46-31-34-55(52-6-2,53-7-3)54-8-4/h25-30,35-36,38,40H,5-24,31-34,37H2,1-4H3,(H,46,48)/b30-26+/t38-,40-. The number of hydrogen-bond acceptors (Lipinski definition) is 8. The number of nitrogens with one attached hydrogen (secondary N) is 1. The molecule has 1 N–H and O–H groups in total. The van der Waals surface area contributed by atoms with Gasteiger partial charge in [0.2, 0.25) is 0 Å². The fourth-order valence-corrected chi connectivity index (χ4v) is 9.81. The average molecular weight is 784 g/mol. The van der Waals surface area contributed by atoms with E-state index >= 15 is 0 Å². The highest BCUT2D eigenvalue weighted by Crippen LogP contribution is 2.33. The number of hydrogen-bond donors (Lipinski definition) is 1. The van der Waals surface area contributed by atoms with Crippen molar-refractivity contribution in [2.24, 2.45) is 11.8 Å². The topological polar surface area (TPSA) is 102 Å². The van der Waals surface area contributed by atoms with Gasteiger partial charge in [-0.05, 0) is 112 Å². The zero-order chi connectivity index (χ0) is 39.4. The molecular formula is C45H73NO8Si. The van der Waals surface area contributed by atoms with Gasteiger partial charge < -0.3 is 32.8 Å². The molecule has 0 spiro atoms. The van der Waals surface area contributed by atoms with Gasteiger partial charge in [-0.2, -0.15) is 0 Å². The Balaban J connectivity index is 1.22. The summed E-state index contributed by atoms with van der Waals surface area (Å²) in [6, 6.07) is 12.9. The first-order valence-corrected chi connectivity index (χ1v) is 23.7. The smallest absolute Gasteiger partial charge is 0.493 e. The summed E-state index contributed by atoms with van der Waals surface area (Å²) in [4.78, 5) is 24.4. The van der Waals surface area contributed by atoms with Crippen LogP contribution >= 0.6 is 0 Å². The van der Waals surface area contributed by atoms with E-state index in [1.165, 1.54) is 89.5 Å². The van der Waals surface area contributed by atoms with Gasteiger partial charge in [-0.15, -0.1) is 0 Å². The summed E-state index contributed by atoms with van der Waals surface area (Å²) in [7, 11) is -2.79. The first kappa shape index (κ1) is 46.5. The highest BCUT2D eigenvalue weighted by Gasteiger charge is 2.40. The molecule has 0 unspecified atom stereocenters. The van der Waals surface area contributed by atoms with Gasteiger partial charge >= 0.3 is 20.9 Å². The molecule has 1 saturated carbocycles. The van der Waals surface area contributed by atoms with E-state index in [-0.39, 0.29) is 5.97 Å². The number of carbonyl (C=O) groups excluding carboxylic acids is 2. The summed E-state index contributed by atoms with van der Waals surface area (Å²) in [5.74, 6) is 2.15. The van der Waals surface area contributed by atoms with Crippen molar-refractivity contribution in [3.63, 3.8) is 0 Å². The monoisotopic (exact) mass is 784 g/mol. The van der Waals surface area contributed by atoms with Gasteiger partial charge in [-0.1, -0.05) is 95.8 Å². The number of amides is 1. The Kier molecular flexibility index (Phi) is 24.0. The molecule has 1 fully saturated rings. The molecule has 0 aromatic heterocycles. The third kappa shape index (κ3) is 19.7. The lowest BCUT2D eigenvalue weighted by Gasteiger charge is -2.28. The minimum atomic E-state index is -2.79. The van der Waals surface area contributed by atoms with Crippen LogP contribution in [0.3, 0.4) is 0 Å². The third-order valence-corrected chi connectivity index (χ3v) is 13.5. The second-order valence-corrected chi connectivity index (χ2v) is 17.7. The molecule has 10 heteroatoms. The molecule has 1 amide bonds. The van der Waals surface area contributed by atoms with E-state index < -0.39 is 14.9 Å². The van der Waals surface area contributed by atoms with Crippen molar-refractivity contribution in [1.29, 1.82) is 0 Å². The maximum atomic E-state index is 12.3. The first-order chi connectivity index (χ1) is 26.9. The summed E-state index contributed by atoms with van der Waals surface area (Å²) >= 11 is 0. The number of alkyl carbamates (subject to hydrolysis) is 1. The molecule has 55 heavy (non-hydrogen) atoms. The maximum Gasteiger partial charge on any atom is 0.502 e. The predicted octanol–water partition coefficient (Wildman–Crippen LogP) is 11.4. The lowest BCUT2D eigenvalue weighted by Crippen LogP contribution is -2.48. The maximum absolute atomic E-state index is 12.3. The van der Waals surface area contributed by atoms with Crippen LogP contribution < -0.4 is 10.1 Å². The number of ether oxygens (including phenoxy) is 3. The van der Waals surface area contributed by atoms with Gasteiger partial charge in [-0.3, -0.25) is 0 Å². The highest BCUT2D eigenvalue weighted by molar-refractivity contribution is 6.60. The molecular weight excluding hydrogens is 711 g/mol. The van der Waals surface area contributed by atoms with Crippen LogP contribution in [0.4, 0.5) is 4.79 Å². The van der Waals surface area contributed by atoms with Crippen molar-refractivity contribution in [2.75, 3.05) is 46.2 Å². The molecule has 0 radical (unpaired) electrons. The second kappa shape index (κ2) is 28.5. The Labute approximate surface area is 333 Å². The van der Waals surface area contributed by atoms with Gasteiger partial charge in [0.1, 0.15) is 5.75 Å². The summed E-state index contributed by atoms with van der Waals surface area (Å²) < 4.78 is 34.4. The van der Waals surface area contributed by atoms with Crippen LogP contribution in [0.5, 0.6) is 5.75 Å². The van der Waals surface area contributed by atoms with Crippen LogP contribution in [-0.2, 0) is 27.5 Å². The largest absolute Gasteiger partial charge is 0.502 e. The summed E-state index contributed by atoms with van der Waals surface area (Å²) in [5.41, 5.74) is 0.949. The average Bonchev–Trinajstić information content (AvgIpc) is 3.19. The van der Waals surface area contributed by atoms with Crippen LogP contribution in [0.1, 0.15) is 142 Å². The number of esters is 1. The van der Waals surface area contributed by atoms with Crippen molar-refractivity contribution < 1.29 is 37.1 Å². The molecule has 1 aliphatic carbocycles. The van der Waals surface area contributed by atoms with Gasteiger partial charge in [0.05, 0.1) is 19.8 Å². The van der Waals surface area contributed by atoms with Crippen LogP contribution in [-0.4, -0.2) is 67.1 Å². The molecule has 310 valence electrons. The van der Waals surface area contributed by atoms with E-state index in [9.17, 15) is 9.59 Å². The number of carbonyl (C=O) groups is 2. The zero-order valence-corrected chi connectivity index (χ0v) is 35.7. The SMILES string of the molecule is CCCCCCCCCC[C@H]1CC[C@H](COc2ccc3cc(/C=C/C(=O)OCCCCCCOC(=O)NCC[Si](OCC)(OCC)OCC)ccc3c2)CC1. The van der Waals surface area contributed by atoms with Crippen molar-refractivity contribution in [3.8, 4) is 5.75 Å². The highest BCUT2D eigenvalue weighted by atomic mass is 28.4. The molecule has 2 aromatic rings. The minimum absolute atomic E-state index is 0.333. The zero-order valence-electron chi connectivity index (χ0n) is 34.7. The van der Waals surface area contributed by atoms with E-state index in [2.05, 4.69) is 42.6 Å². The molecule has 0 bridgehead atoms. The fraction of sp³-hybridized carbons (Fsp3) is 0.689. The fourth-order valence-electron chi connectivity index (χ4n) is 7.38. The Bertz CT molecular complexity index is 1340. The Morgan fingerprint density at radius 2 is 1.27 bits per heavy atom. The van der Waals surface area contributed by atoms with E-state index in [0.29, 0.717) is 51.5 Å². The molecule has 0 saturated heterocycles. The first-order valence-electron chi connectivity index (χ1n) is 21.7. The third-order valence-electron chi connectivity index (χ3n) is 10.5. The molecule has 0 heterocycles. The van der Waals surface area contributed by atoms with Crippen molar-refractivity contribution >= 4 is 37.7 Å². The summed E-state index contributed by atoms with van der Waals surface area (Å²) in [6.45, 7) is 11.3. The normalized spacial score (nSPS) is 16.1. The van der Waals surface area contributed by atoms with Crippen LogP contribution in [0.15, 0.2) is 42.5 Å². The Morgan fingerprint density at radius 3 is 1.95 bits per heavy atom. The molecule has 9 nitrogen and oxygen atoms in total. The van der Waals surface area contributed by atoms with Crippen molar-refractivity contribution in [1.82, 2.24) is 5.32 Å². The molecule has 3 rings (SSSR count). The van der Waals surface area contributed by atoms with Crippen LogP contribution in [0, 0.1) is 11.8 Å². The number of benzene rings is 2. The summed E-state index contributed by atoms with van der Waals surface area (Å²) in [6.07, 6.45) is 24.0. The summed E-state index contributed by atoms with van der Waals surface area (Å²) in [5, 5.41) is 5.00. The lowest BCUT2D eigenvalue weighted by molar-refractivity contribution is -0.137. The predicted molar refractivity (Wildman–Crippen MR) is 225 cm³/mol. The van der Waals surface area contributed by atoms with Crippen molar-refractivity contribution in [3.05, 3.63) is 48.0 Å². The van der Waals surface area contributed by atoms with E-state index in [1.54, 1.807) is 6.08 Å². The number of rotatable bonds is 30. The Hall–Kier alpha value is -2.92.